The Morgan fingerprint density at radius 3 is 1.40 bits per heavy atom. The average molecular weight is 266 g/mol. The number of aromatic hydroxyl groups is 2. The van der Waals surface area contributed by atoms with Gasteiger partial charge in [-0.05, 0) is 47.5 Å². The summed E-state index contributed by atoms with van der Waals surface area (Å²) in [4.78, 5) is 11.7. The SMILES string of the molecule is O=C(C=Cc1ccc(O)cc1)/C=C/c1ccc(O)cc1. The molecule has 0 saturated carbocycles. The van der Waals surface area contributed by atoms with Gasteiger partial charge in [-0.15, -0.1) is 0 Å². The van der Waals surface area contributed by atoms with Crippen molar-refractivity contribution in [1.29, 1.82) is 0 Å². The molecule has 2 aromatic rings. The predicted octanol–water partition coefficient (Wildman–Crippen LogP) is 3.39. The highest BCUT2D eigenvalue weighted by molar-refractivity contribution is 6.04. The molecule has 0 radical (unpaired) electrons. The first-order valence-corrected chi connectivity index (χ1v) is 6.12. The predicted molar refractivity (Wildman–Crippen MR) is 79.3 cm³/mol. The number of hydrogen-bond donors (Lipinski definition) is 2. The minimum Gasteiger partial charge on any atom is -0.508 e. The number of phenolic OH excluding ortho intramolecular Hbond substituents is 2. The summed E-state index contributed by atoms with van der Waals surface area (Å²) in [5.41, 5.74) is 1.68. The summed E-state index contributed by atoms with van der Waals surface area (Å²) in [5.74, 6) is 0.257. The molecule has 0 unspecified atom stereocenters. The fraction of sp³-hybridized carbons (Fsp3) is 0. The number of carbonyl (C=O) groups is 1. The lowest BCUT2D eigenvalue weighted by atomic mass is 10.1. The van der Waals surface area contributed by atoms with E-state index in [0.29, 0.717) is 0 Å². The van der Waals surface area contributed by atoms with Crippen LogP contribution in [0.25, 0.3) is 12.2 Å². The third-order valence-electron chi connectivity index (χ3n) is 2.67. The van der Waals surface area contributed by atoms with Crippen molar-refractivity contribution in [2.24, 2.45) is 0 Å². The number of ketones is 1. The van der Waals surface area contributed by atoms with Crippen molar-refractivity contribution >= 4 is 17.9 Å². The van der Waals surface area contributed by atoms with Crippen LogP contribution in [0.4, 0.5) is 0 Å². The van der Waals surface area contributed by atoms with Gasteiger partial charge in [0.1, 0.15) is 11.5 Å². The van der Waals surface area contributed by atoms with Crippen LogP contribution in [0.5, 0.6) is 11.5 Å². The second kappa shape index (κ2) is 6.38. The van der Waals surface area contributed by atoms with Crippen LogP contribution in [-0.2, 0) is 4.79 Å². The molecule has 0 amide bonds. The van der Waals surface area contributed by atoms with Gasteiger partial charge in [0.05, 0.1) is 0 Å². The van der Waals surface area contributed by atoms with E-state index >= 15 is 0 Å². The number of benzene rings is 2. The lowest BCUT2D eigenvalue weighted by Gasteiger charge is -1.94. The Morgan fingerprint density at radius 2 is 1.05 bits per heavy atom. The van der Waals surface area contributed by atoms with Crippen LogP contribution >= 0.6 is 0 Å². The molecule has 0 aliphatic rings. The van der Waals surface area contributed by atoms with E-state index in [0.717, 1.165) is 11.1 Å². The van der Waals surface area contributed by atoms with Crippen LogP contribution in [0.3, 0.4) is 0 Å². The lowest BCUT2D eigenvalue weighted by molar-refractivity contribution is -0.110. The fourth-order valence-electron chi connectivity index (χ4n) is 1.58. The minimum absolute atomic E-state index is 0.133. The maximum Gasteiger partial charge on any atom is 0.178 e. The van der Waals surface area contributed by atoms with E-state index in [2.05, 4.69) is 0 Å². The molecule has 0 bridgehead atoms. The van der Waals surface area contributed by atoms with E-state index < -0.39 is 0 Å². The Morgan fingerprint density at radius 1 is 0.700 bits per heavy atom. The van der Waals surface area contributed by atoms with Crippen LogP contribution < -0.4 is 0 Å². The molecule has 0 aliphatic heterocycles. The maximum atomic E-state index is 11.7. The molecule has 3 nitrogen and oxygen atoms in total. The molecule has 0 aliphatic carbocycles. The second-order valence-corrected chi connectivity index (χ2v) is 4.25. The normalized spacial score (nSPS) is 11.2. The van der Waals surface area contributed by atoms with Crippen molar-refractivity contribution in [1.82, 2.24) is 0 Å². The number of rotatable bonds is 4. The number of phenols is 2. The molecule has 2 N–H and O–H groups in total. The first-order chi connectivity index (χ1) is 9.63. The van der Waals surface area contributed by atoms with E-state index in [1.165, 1.54) is 12.2 Å². The van der Waals surface area contributed by atoms with Crippen molar-refractivity contribution in [2.75, 3.05) is 0 Å². The third-order valence-corrected chi connectivity index (χ3v) is 2.67. The fourth-order valence-corrected chi connectivity index (χ4v) is 1.58. The summed E-state index contributed by atoms with van der Waals surface area (Å²) in [6.07, 6.45) is 6.29. The van der Waals surface area contributed by atoms with Crippen LogP contribution in [0.2, 0.25) is 0 Å². The van der Waals surface area contributed by atoms with Gasteiger partial charge >= 0.3 is 0 Å². The Labute approximate surface area is 117 Å². The van der Waals surface area contributed by atoms with Gasteiger partial charge in [0.25, 0.3) is 0 Å². The lowest BCUT2D eigenvalue weighted by Crippen LogP contribution is -1.84. The Bertz CT molecular complexity index is 577. The molecule has 2 rings (SSSR count). The summed E-state index contributed by atoms with van der Waals surface area (Å²) >= 11 is 0. The van der Waals surface area contributed by atoms with Gasteiger partial charge in [-0.3, -0.25) is 4.79 Å². The van der Waals surface area contributed by atoms with Crippen molar-refractivity contribution in [3.05, 3.63) is 71.8 Å². The van der Waals surface area contributed by atoms with E-state index in [4.69, 9.17) is 10.2 Å². The molecular weight excluding hydrogens is 252 g/mol. The van der Waals surface area contributed by atoms with Gasteiger partial charge in [0.15, 0.2) is 5.78 Å². The molecule has 3 heteroatoms. The number of carbonyl (C=O) groups excluding carboxylic acids is 1. The van der Waals surface area contributed by atoms with Crippen LogP contribution in [0.15, 0.2) is 60.7 Å². The first-order valence-electron chi connectivity index (χ1n) is 6.12. The van der Waals surface area contributed by atoms with Crippen LogP contribution in [-0.4, -0.2) is 16.0 Å². The summed E-state index contributed by atoms with van der Waals surface area (Å²) in [6.45, 7) is 0. The summed E-state index contributed by atoms with van der Waals surface area (Å²) in [6, 6.07) is 13.2. The minimum atomic E-state index is -0.133. The Hall–Kier alpha value is -2.81. The van der Waals surface area contributed by atoms with Gasteiger partial charge in [-0.25, -0.2) is 0 Å². The topological polar surface area (TPSA) is 57.5 Å². The largest absolute Gasteiger partial charge is 0.508 e. The van der Waals surface area contributed by atoms with Crippen LogP contribution in [0, 0.1) is 0 Å². The molecule has 100 valence electrons. The van der Waals surface area contributed by atoms with Crippen molar-refractivity contribution in [3.8, 4) is 11.5 Å². The Balaban J connectivity index is 1.98. The summed E-state index contributed by atoms with van der Waals surface area (Å²) < 4.78 is 0. The van der Waals surface area contributed by atoms with Crippen molar-refractivity contribution < 1.29 is 15.0 Å². The number of hydrogen-bond acceptors (Lipinski definition) is 3. The molecule has 0 fully saturated rings. The van der Waals surface area contributed by atoms with E-state index in [-0.39, 0.29) is 17.3 Å². The smallest absolute Gasteiger partial charge is 0.178 e. The quantitative estimate of drug-likeness (QED) is 0.834. The van der Waals surface area contributed by atoms with Crippen LogP contribution in [0.1, 0.15) is 11.1 Å². The molecule has 20 heavy (non-hydrogen) atoms. The zero-order valence-electron chi connectivity index (χ0n) is 10.7. The first kappa shape index (κ1) is 13.6. The molecule has 0 spiro atoms. The molecule has 0 heterocycles. The Kier molecular flexibility index (Phi) is 4.35. The third kappa shape index (κ3) is 4.14. The van der Waals surface area contributed by atoms with E-state index in [9.17, 15) is 4.79 Å². The highest BCUT2D eigenvalue weighted by Crippen LogP contribution is 2.12. The molecule has 0 aromatic heterocycles. The summed E-state index contributed by atoms with van der Waals surface area (Å²) in [5, 5.41) is 18.3. The molecular formula is C17H14O3. The molecule has 0 saturated heterocycles. The van der Waals surface area contributed by atoms with E-state index in [1.807, 2.05) is 0 Å². The van der Waals surface area contributed by atoms with Gasteiger partial charge in [-0.2, -0.15) is 0 Å². The highest BCUT2D eigenvalue weighted by Gasteiger charge is 1.93. The monoisotopic (exact) mass is 266 g/mol. The highest BCUT2D eigenvalue weighted by atomic mass is 16.3. The second-order valence-electron chi connectivity index (χ2n) is 4.25. The van der Waals surface area contributed by atoms with E-state index in [1.54, 1.807) is 60.7 Å². The number of allylic oxidation sites excluding steroid dienone is 2. The molecule has 2 aromatic carbocycles. The standard InChI is InChI=1S/C17H14O3/c18-15-7-1-13(2-8-15)5-11-17(20)12-6-14-3-9-16(19)10-4-14/h1-12,18-19H/b11-5+,12-6?. The maximum absolute atomic E-state index is 11.7. The molecule has 0 atom stereocenters. The zero-order chi connectivity index (χ0) is 14.4. The van der Waals surface area contributed by atoms with Crippen molar-refractivity contribution in [3.63, 3.8) is 0 Å². The van der Waals surface area contributed by atoms with Gasteiger partial charge < -0.3 is 10.2 Å². The summed E-state index contributed by atoms with van der Waals surface area (Å²) in [7, 11) is 0. The van der Waals surface area contributed by atoms with Gasteiger partial charge in [0, 0.05) is 0 Å². The van der Waals surface area contributed by atoms with Crippen molar-refractivity contribution in [2.45, 2.75) is 0 Å². The average Bonchev–Trinajstić information content (AvgIpc) is 2.46. The van der Waals surface area contributed by atoms with Gasteiger partial charge in [0.2, 0.25) is 0 Å². The zero-order valence-corrected chi connectivity index (χ0v) is 10.7. The van der Waals surface area contributed by atoms with Gasteiger partial charge in [-0.1, -0.05) is 36.4 Å².